The molecule has 0 heterocycles. The molecule has 0 amide bonds. The lowest BCUT2D eigenvalue weighted by Gasteiger charge is -2.05. The molecule has 0 aromatic heterocycles. The van der Waals surface area contributed by atoms with E-state index in [-0.39, 0.29) is 12.4 Å². The summed E-state index contributed by atoms with van der Waals surface area (Å²) in [5, 5.41) is 0. The molecule has 0 bridgehead atoms. The lowest BCUT2D eigenvalue weighted by molar-refractivity contribution is 0.506. The summed E-state index contributed by atoms with van der Waals surface area (Å²) in [5.41, 5.74) is 6.64. The number of hydrogen-bond acceptors (Lipinski definition) is 2. The predicted octanol–water partition coefficient (Wildman–Crippen LogP) is 3.85. The van der Waals surface area contributed by atoms with Crippen LogP contribution in [0.5, 0.6) is 0 Å². The van der Waals surface area contributed by atoms with E-state index in [1.165, 1.54) is 23.9 Å². The zero-order valence-corrected chi connectivity index (χ0v) is 10.8. The van der Waals surface area contributed by atoms with Crippen LogP contribution in [0.1, 0.15) is 11.1 Å². The van der Waals surface area contributed by atoms with Gasteiger partial charge in [0.25, 0.3) is 0 Å². The average Bonchev–Trinajstić information content (AvgIpc) is 2.41. The topological polar surface area (TPSA) is 26.0 Å². The van der Waals surface area contributed by atoms with Crippen molar-refractivity contribution in [3.8, 4) is 0 Å². The number of thioether (sulfide) groups is 1. The second-order valence-electron chi connectivity index (χ2n) is 3.99. The maximum absolute atomic E-state index is 13.7. The van der Waals surface area contributed by atoms with Gasteiger partial charge in [-0.25, -0.2) is 13.2 Å². The van der Waals surface area contributed by atoms with Gasteiger partial charge in [0.2, 0.25) is 0 Å². The fourth-order valence-corrected chi connectivity index (χ4v) is 2.47. The average molecular weight is 283 g/mol. The van der Waals surface area contributed by atoms with Crippen molar-refractivity contribution in [1.82, 2.24) is 0 Å². The predicted molar refractivity (Wildman–Crippen MR) is 70.2 cm³/mol. The molecule has 1 nitrogen and oxygen atoms in total. The van der Waals surface area contributed by atoms with Gasteiger partial charge in [0.15, 0.2) is 11.6 Å². The molecular formula is C14H12F3NS. The first-order valence-corrected chi connectivity index (χ1v) is 6.64. The smallest absolute Gasteiger partial charge is 0.159 e. The molecule has 0 atom stereocenters. The van der Waals surface area contributed by atoms with E-state index in [1.54, 1.807) is 12.1 Å². The number of nitrogens with two attached hydrogens (primary N) is 1. The van der Waals surface area contributed by atoms with Crippen molar-refractivity contribution < 1.29 is 13.2 Å². The Labute approximate surface area is 113 Å². The summed E-state index contributed by atoms with van der Waals surface area (Å²) >= 11 is 1.25. The van der Waals surface area contributed by atoms with Crippen molar-refractivity contribution in [2.75, 3.05) is 0 Å². The summed E-state index contributed by atoms with van der Waals surface area (Å²) in [7, 11) is 0. The van der Waals surface area contributed by atoms with Crippen LogP contribution >= 0.6 is 11.8 Å². The summed E-state index contributed by atoms with van der Waals surface area (Å²) in [6.07, 6.45) is 0. The van der Waals surface area contributed by atoms with Crippen LogP contribution in [0.4, 0.5) is 13.2 Å². The largest absolute Gasteiger partial charge is 0.326 e. The molecule has 2 aromatic carbocycles. The zero-order valence-electron chi connectivity index (χ0n) is 10.00. The first-order chi connectivity index (χ1) is 9.10. The molecule has 0 saturated carbocycles. The van der Waals surface area contributed by atoms with Crippen molar-refractivity contribution in [3.05, 3.63) is 65.0 Å². The highest BCUT2D eigenvalue weighted by atomic mass is 32.2. The molecule has 0 aliphatic heterocycles. The third-order valence-corrected chi connectivity index (χ3v) is 3.68. The van der Waals surface area contributed by atoms with Crippen LogP contribution in [-0.2, 0) is 12.3 Å². The van der Waals surface area contributed by atoms with Gasteiger partial charge in [0, 0.05) is 17.2 Å². The number of halogens is 3. The Kier molecular flexibility index (Phi) is 4.50. The third kappa shape index (κ3) is 3.52. The molecule has 2 aromatic rings. The fourth-order valence-electron chi connectivity index (χ4n) is 1.56. The molecule has 0 unspecified atom stereocenters. The third-order valence-electron chi connectivity index (χ3n) is 2.64. The van der Waals surface area contributed by atoms with Crippen LogP contribution in [0.25, 0.3) is 0 Å². The van der Waals surface area contributed by atoms with E-state index < -0.39 is 11.6 Å². The molecule has 2 rings (SSSR count). The highest BCUT2D eigenvalue weighted by Crippen LogP contribution is 2.25. The maximum atomic E-state index is 13.7. The molecule has 0 aliphatic rings. The molecule has 0 fully saturated rings. The Morgan fingerprint density at radius 2 is 1.68 bits per heavy atom. The Morgan fingerprint density at radius 3 is 2.32 bits per heavy atom. The van der Waals surface area contributed by atoms with Crippen molar-refractivity contribution in [2.24, 2.45) is 5.73 Å². The van der Waals surface area contributed by atoms with E-state index in [1.807, 2.05) is 0 Å². The first kappa shape index (κ1) is 14.0. The van der Waals surface area contributed by atoms with Gasteiger partial charge < -0.3 is 5.73 Å². The quantitative estimate of drug-likeness (QED) is 0.862. The van der Waals surface area contributed by atoms with Crippen molar-refractivity contribution in [3.63, 3.8) is 0 Å². The Morgan fingerprint density at radius 1 is 0.895 bits per heavy atom. The SMILES string of the molecule is NCc1ccc(CSc2ccc(F)c(F)c2)c(F)c1. The number of benzene rings is 2. The van der Waals surface area contributed by atoms with Gasteiger partial charge >= 0.3 is 0 Å². The summed E-state index contributed by atoms with van der Waals surface area (Å²) in [4.78, 5) is 0.557. The van der Waals surface area contributed by atoms with Crippen LogP contribution in [0.15, 0.2) is 41.3 Å². The summed E-state index contributed by atoms with van der Waals surface area (Å²) < 4.78 is 39.4. The lowest BCUT2D eigenvalue weighted by atomic mass is 10.1. The Balaban J connectivity index is 2.07. The normalized spacial score (nSPS) is 10.7. The molecule has 100 valence electrons. The van der Waals surface area contributed by atoms with Gasteiger partial charge in [-0.3, -0.25) is 0 Å². The van der Waals surface area contributed by atoms with Gasteiger partial charge in [0.05, 0.1) is 0 Å². The lowest BCUT2D eigenvalue weighted by Crippen LogP contribution is -1.98. The highest BCUT2D eigenvalue weighted by Gasteiger charge is 2.06. The van der Waals surface area contributed by atoms with E-state index in [0.717, 1.165) is 17.7 Å². The maximum Gasteiger partial charge on any atom is 0.159 e. The fraction of sp³-hybridized carbons (Fsp3) is 0.143. The van der Waals surface area contributed by atoms with Gasteiger partial charge in [0.1, 0.15) is 5.82 Å². The number of rotatable bonds is 4. The van der Waals surface area contributed by atoms with E-state index in [4.69, 9.17) is 5.73 Å². The van der Waals surface area contributed by atoms with Crippen LogP contribution in [0, 0.1) is 17.5 Å². The summed E-state index contributed by atoms with van der Waals surface area (Å²) in [5.74, 6) is -1.77. The molecule has 0 saturated heterocycles. The molecular weight excluding hydrogens is 271 g/mol. The van der Waals surface area contributed by atoms with Crippen molar-refractivity contribution in [1.29, 1.82) is 0 Å². The van der Waals surface area contributed by atoms with Crippen molar-refractivity contribution >= 4 is 11.8 Å². The summed E-state index contributed by atoms with van der Waals surface area (Å²) in [6, 6.07) is 8.43. The van der Waals surface area contributed by atoms with Gasteiger partial charge in [-0.05, 0) is 35.4 Å². The molecule has 19 heavy (non-hydrogen) atoms. The van der Waals surface area contributed by atoms with Crippen molar-refractivity contribution in [2.45, 2.75) is 17.2 Å². The minimum atomic E-state index is -0.899. The first-order valence-electron chi connectivity index (χ1n) is 5.65. The molecule has 0 radical (unpaired) electrons. The molecule has 5 heteroatoms. The van der Waals surface area contributed by atoms with Crippen LogP contribution in [-0.4, -0.2) is 0 Å². The molecule has 0 spiro atoms. The van der Waals surface area contributed by atoms with E-state index in [9.17, 15) is 13.2 Å². The Bertz CT molecular complexity index is 587. The van der Waals surface area contributed by atoms with Crippen LogP contribution < -0.4 is 5.73 Å². The van der Waals surface area contributed by atoms with Gasteiger partial charge in [-0.15, -0.1) is 11.8 Å². The standard InChI is InChI=1S/C14H12F3NS/c15-12-4-3-11(6-14(12)17)19-8-10-2-1-9(7-18)5-13(10)16/h1-6H,7-8,18H2. The second-order valence-corrected chi connectivity index (χ2v) is 5.04. The van der Waals surface area contributed by atoms with Crippen LogP contribution in [0.2, 0.25) is 0 Å². The minimum Gasteiger partial charge on any atom is -0.326 e. The van der Waals surface area contributed by atoms with E-state index >= 15 is 0 Å². The van der Waals surface area contributed by atoms with Gasteiger partial charge in [-0.1, -0.05) is 12.1 Å². The molecule has 2 N–H and O–H groups in total. The highest BCUT2D eigenvalue weighted by molar-refractivity contribution is 7.98. The minimum absolute atomic E-state index is 0.285. The zero-order chi connectivity index (χ0) is 13.8. The second kappa shape index (κ2) is 6.12. The van der Waals surface area contributed by atoms with E-state index in [2.05, 4.69) is 0 Å². The Hall–Kier alpha value is -1.46. The van der Waals surface area contributed by atoms with Crippen LogP contribution in [0.3, 0.4) is 0 Å². The van der Waals surface area contributed by atoms with E-state index in [0.29, 0.717) is 16.2 Å². The monoisotopic (exact) mass is 283 g/mol. The summed E-state index contributed by atoms with van der Waals surface area (Å²) in [6.45, 7) is 0.285. The number of hydrogen-bond donors (Lipinski definition) is 1. The van der Waals surface area contributed by atoms with Gasteiger partial charge in [-0.2, -0.15) is 0 Å². The molecule has 0 aliphatic carbocycles.